The molecule has 0 unspecified atom stereocenters. The third kappa shape index (κ3) is 5.59. The van der Waals surface area contributed by atoms with Crippen LogP contribution in [0.15, 0.2) is 59.3 Å². The minimum atomic E-state index is -0.889. The molecule has 0 radical (unpaired) electrons. The molecule has 0 atom stereocenters. The van der Waals surface area contributed by atoms with Crippen molar-refractivity contribution in [2.75, 3.05) is 19.0 Å². The SMILES string of the molecule is COc1cc(F)cc2c1cc(C)n2CCNc1cc(-c2ccc(-c3oc(CCC(=O)O)nc3C)cc2)ncn1. The maximum absolute atomic E-state index is 14.1. The van der Waals surface area contributed by atoms with Gasteiger partial charge in [-0.1, -0.05) is 24.3 Å². The summed E-state index contributed by atoms with van der Waals surface area (Å²) in [7, 11) is 1.54. The van der Waals surface area contributed by atoms with Crippen molar-refractivity contribution in [3.63, 3.8) is 0 Å². The molecule has 0 bridgehead atoms. The monoisotopic (exact) mass is 529 g/mol. The highest BCUT2D eigenvalue weighted by molar-refractivity contribution is 5.87. The molecule has 0 amide bonds. The number of hydrogen-bond acceptors (Lipinski definition) is 7. The molecule has 2 aromatic carbocycles. The Kier molecular flexibility index (Phi) is 7.27. The zero-order valence-corrected chi connectivity index (χ0v) is 21.9. The number of aromatic nitrogens is 4. The second-order valence-corrected chi connectivity index (χ2v) is 9.19. The molecular formula is C29H28FN5O4. The van der Waals surface area contributed by atoms with E-state index in [1.54, 1.807) is 7.11 Å². The van der Waals surface area contributed by atoms with E-state index in [9.17, 15) is 9.18 Å². The summed E-state index contributed by atoms with van der Waals surface area (Å²) in [5.41, 5.74) is 5.01. The van der Waals surface area contributed by atoms with Crippen LogP contribution in [-0.2, 0) is 17.8 Å². The normalized spacial score (nSPS) is 11.2. The number of aliphatic carboxylic acids is 1. The zero-order valence-electron chi connectivity index (χ0n) is 21.9. The van der Waals surface area contributed by atoms with Gasteiger partial charge in [-0.05, 0) is 26.0 Å². The van der Waals surface area contributed by atoms with Crippen molar-refractivity contribution >= 4 is 22.7 Å². The molecule has 39 heavy (non-hydrogen) atoms. The molecular weight excluding hydrogens is 501 g/mol. The highest BCUT2D eigenvalue weighted by Crippen LogP contribution is 2.30. The minimum Gasteiger partial charge on any atom is -0.496 e. The fourth-order valence-corrected chi connectivity index (χ4v) is 4.63. The lowest BCUT2D eigenvalue weighted by molar-refractivity contribution is -0.137. The number of aryl methyl sites for hydroxylation is 3. The van der Waals surface area contributed by atoms with Crippen molar-refractivity contribution in [2.24, 2.45) is 0 Å². The van der Waals surface area contributed by atoms with Gasteiger partial charge >= 0.3 is 5.97 Å². The van der Waals surface area contributed by atoms with Crippen molar-refractivity contribution in [1.29, 1.82) is 0 Å². The predicted molar refractivity (Wildman–Crippen MR) is 145 cm³/mol. The Morgan fingerprint density at radius 2 is 1.87 bits per heavy atom. The van der Waals surface area contributed by atoms with Gasteiger partial charge in [-0.25, -0.2) is 19.3 Å². The van der Waals surface area contributed by atoms with Crippen LogP contribution in [0.5, 0.6) is 5.75 Å². The van der Waals surface area contributed by atoms with Gasteiger partial charge in [-0.15, -0.1) is 0 Å². The average Bonchev–Trinajstić information content (AvgIpc) is 3.46. The van der Waals surface area contributed by atoms with Gasteiger partial charge in [0, 0.05) is 53.9 Å². The number of carboxylic acid groups (broad SMARTS) is 1. The van der Waals surface area contributed by atoms with E-state index in [1.807, 2.05) is 54.8 Å². The molecule has 3 heterocycles. The third-order valence-corrected chi connectivity index (χ3v) is 6.52. The smallest absolute Gasteiger partial charge is 0.303 e. The lowest BCUT2D eigenvalue weighted by Gasteiger charge is -2.11. The topological polar surface area (TPSA) is 115 Å². The summed E-state index contributed by atoms with van der Waals surface area (Å²) in [6.45, 7) is 5.01. The van der Waals surface area contributed by atoms with Gasteiger partial charge in [-0.2, -0.15) is 0 Å². The van der Waals surface area contributed by atoms with Crippen LogP contribution in [-0.4, -0.2) is 44.2 Å². The molecule has 5 rings (SSSR count). The Balaban J connectivity index is 1.27. The van der Waals surface area contributed by atoms with Gasteiger partial charge in [0.1, 0.15) is 23.7 Å². The van der Waals surface area contributed by atoms with Crippen LogP contribution in [0.4, 0.5) is 10.2 Å². The average molecular weight is 530 g/mol. The number of halogens is 1. The molecule has 2 N–H and O–H groups in total. The number of anilines is 1. The Morgan fingerprint density at radius 3 is 2.62 bits per heavy atom. The summed E-state index contributed by atoms with van der Waals surface area (Å²) in [4.78, 5) is 23.9. The van der Waals surface area contributed by atoms with E-state index in [1.165, 1.54) is 18.5 Å². The molecule has 0 saturated carbocycles. The van der Waals surface area contributed by atoms with Gasteiger partial charge in [0.15, 0.2) is 11.7 Å². The van der Waals surface area contributed by atoms with Crippen LogP contribution in [0.25, 0.3) is 33.5 Å². The number of nitrogens with one attached hydrogen (secondary N) is 1. The van der Waals surface area contributed by atoms with Crippen LogP contribution in [0.1, 0.15) is 23.7 Å². The number of hydrogen-bond donors (Lipinski definition) is 2. The number of ether oxygens (including phenoxy) is 1. The summed E-state index contributed by atoms with van der Waals surface area (Å²) in [5, 5.41) is 13.1. The maximum atomic E-state index is 14.1. The second kappa shape index (κ2) is 10.9. The molecule has 10 heteroatoms. The number of methoxy groups -OCH3 is 1. The highest BCUT2D eigenvalue weighted by atomic mass is 19.1. The third-order valence-electron chi connectivity index (χ3n) is 6.52. The maximum Gasteiger partial charge on any atom is 0.303 e. The van der Waals surface area contributed by atoms with E-state index in [-0.39, 0.29) is 18.7 Å². The minimum absolute atomic E-state index is 0.0304. The molecule has 0 aliphatic carbocycles. The summed E-state index contributed by atoms with van der Waals surface area (Å²) >= 11 is 0. The first-order chi connectivity index (χ1) is 18.8. The van der Waals surface area contributed by atoms with Crippen LogP contribution >= 0.6 is 0 Å². The van der Waals surface area contributed by atoms with Crippen LogP contribution < -0.4 is 10.1 Å². The summed E-state index contributed by atoms with van der Waals surface area (Å²) < 4.78 is 27.3. The Bertz CT molecular complexity index is 1640. The summed E-state index contributed by atoms with van der Waals surface area (Å²) in [5.74, 6) is 1.000. The number of nitrogens with zero attached hydrogens (tertiary/aromatic N) is 4. The van der Waals surface area contributed by atoms with Gasteiger partial charge in [0.25, 0.3) is 0 Å². The van der Waals surface area contributed by atoms with Gasteiger partial charge in [0.2, 0.25) is 0 Å². The van der Waals surface area contributed by atoms with E-state index >= 15 is 0 Å². The molecule has 0 fully saturated rings. The van der Waals surface area contributed by atoms with Crippen molar-refractivity contribution < 1.29 is 23.4 Å². The van der Waals surface area contributed by atoms with E-state index < -0.39 is 5.97 Å². The van der Waals surface area contributed by atoms with Crippen molar-refractivity contribution in [2.45, 2.75) is 33.2 Å². The largest absolute Gasteiger partial charge is 0.496 e. The molecule has 0 saturated heterocycles. The lowest BCUT2D eigenvalue weighted by Crippen LogP contribution is -2.12. The fraction of sp³-hybridized carbons (Fsp3) is 0.241. The molecule has 0 spiro atoms. The Labute approximate surface area is 224 Å². The number of benzene rings is 2. The predicted octanol–water partition coefficient (Wildman–Crippen LogP) is 5.65. The van der Waals surface area contributed by atoms with Gasteiger partial charge in [-0.3, -0.25) is 4.79 Å². The Morgan fingerprint density at radius 1 is 1.10 bits per heavy atom. The number of carbonyl (C=O) groups is 1. The first kappa shape index (κ1) is 25.9. The molecule has 5 aromatic rings. The number of fused-ring (bicyclic) bond motifs is 1. The first-order valence-electron chi connectivity index (χ1n) is 12.5. The summed E-state index contributed by atoms with van der Waals surface area (Å²) in [6.07, 6.45) is 1.73. The standard InChI is InChI=1S/C29H28FN5O4/c1-17-12-22-24(13-21(30)14-25(22)38-3)35(17)11-10-31-26-15-23(32-16-33-26)19-4-6-20(7-5-19)29-18(2)34-27(39-29)8-9-28(36)37/h4-7,12-16H,8-11H2,1-3H3,(H,36,37)(H,31,32,33). The van der Waals surface area contributed by atoms with Crippen molar-refractivity contribution in [3.8, 4) is 28.3 Å². The lowest BCUT2D eigenvalue weighted by atomic mass is 10.1. The number of carboxylic acids is 1. The Hall–Kier alpha value is -4.73. The number of oxazole rings is 1. The van der Waals surface area contributed by atoms with Crippen molar-refractivity contribution in [3.05, 3.63) is 78.0 Å². The van der Waals surface area contributed by atoms with Crippen molar-refractivity contribution in [1.82, 2.24) is 19.5 Å². The van der Waals surface area contributed by atoms with Crippen LogP contribution in [0.3, 0.4) is 0 Å². The fourth-order valence-electron chi connectivity index (χ4n) is 4.63. The van der Waals surface area contributed by atoms with E-state index in [0.717, 1.165) is 33.4 Å². The number of rotatable bonds is 10. The van der Waals surface area contributed by atoms with E-state index in [0.29, 0.717) is 42.0 Å². The second-order valence-electron chi connectivity index (χ2n) is 9.19. The molecule has 9 nitrogen and oxygen atoms in total. The summed E-state index contributed by atoms with van der Waals surface area (Å²) in [6, 6.07) is 14.5. The van der Waals surface area contributed by atoms with Gasteiger partial charge < -0.3 is 24.1 Å². The van der Waals surface area contributed by atoms with Gasteiger partial charge in [0.05, 0.1) is 30.4 Å². The molecule has 0 aliphatic rings. The first-order valence-corrected chi connectivity index (χ1v) is 12.5. The van der Waals surface area contributed by atoms with E-state index in [2.05, 4.69) is 20.3 Å². The molecule has 0 aliphatic heterocycles. The van der Waals surface area contributed by atoms with E-state index in [4.69, 9.17) is 14.3 Å². The quantitative estimate of drug-likeness (QED) is 0.239. The van der Waals surface area contributed by atoms with Crippen LogP contribution in [0, 0.1) is 19.7 Å². The highest BCUT2D eigenvalue weighted by Gasteiger charge is 2.14. The molecule has 3 aromatic heterocycles. The molecule has 200 valence electrons. The van der Waals surface area contributed by atoms with Crippen LogP contribution in [0.2, 0.25) is 0 Å². The zero-order chi connectivity index (χ0) is 27.5.